The normalized spacial score (nSPS) is 16.0. The van der Waals surface area contributed by atoms with E-state index in [4.69, 9.17) is 0 Å². The lowest BCUT2D eigenvalue weighted by atomic mass is 9.72. The zero-order valence-corrected chi connectivity index (χ0v) is 18.0. The van der Waals surface area contributed by atoms with Gasteiger partial charge < -0.3 is 9.80 Å². The Morgan fingerprint density at radius 3 is 2.00 bits per heavy atom. The van der Waals surface area contributed by atoms with Gasteiger partial charge in [0.1, 0.15) is 0 Å². The van der Waals surface area contributed by atoms with Crippen molar-refractivity contribution < 1.29 is 9.59 Å². The van der Waals surface area contributed by atoms with Crippen LogP contribution in [0.4, 0.5) is 0 Å². The lowest BCUT2D eigenvalue weighted by Gasteiger charge is -2.42. The first-order valence-corrected chi connectivity index (χ1v) is 10.5. The molecular weight excluding hydrogens is 360 g/mol. The molecule has 1 fully saturated rings. The largest absolute Gasteiger partial charge is 0.348 e. The van der Waals surface area contributed by atoms with Crippen LogP contribution >= 0.6 is 0 Å². The van der Waals surface area contributed by atoms with Crippen LogP contribution in [0.1, 0.15) is 32.3 Å². The van der Waals surface area contributed by atoms with E-state index in [9.17, 15) is 9.59 Å². The Morgan fingerprint density at radius 2 is 1.48 bits per heavy atom. The number of amides is 2. The lowest BCUT2D eigenvalue weighted by molar-refractivity contribution is -0.147. The molecule has 0 atom stereocenters. The van der Waals surface area contributed by atoms with Gasteiger partial charge in [-0.05, 0) is 36.0 Å². The lowest BCUT2D eigenvalue weighted by Crippen LogP contribution is -2.51. The van der Waals surface area contributed by atoms with Crippen LogP contribution in [0.3, 0.4) is 0 Å². The number of hydrogen-bond donors (Lipinski definition) is 0. The van der Waals surface area contributed by atoms with Crippen molar-refractivity contribution in [1.82, 2.24) is 9.80 Å². The minimum absolute atomic E-state index is 0.00224. The van der Waals surface area contributed by atoms with Crippen LogP contribution in [0.2, 0.25) is 0 Å². The van der Waals surface area contributed by atoms with Gasteiger partial charge >= 0.3 is 0 Å². The predicted molar refractivity (Wildman–Crippen MR) is 117 cm³/mol. The van der Waals surface area contributed by atoms with Gasteiger partial charge in [-0.3, -0.25) is 9.59 Å². The topological polar surface area (TPSA) is 40.6 Å². The van der Waals surface area contributed by atoms with E-state index in [0.717, 1.165) is 0 Å². The third kappa shape index (κ3) is 4.69. The van der Waals surface area contributed by atoms with E-state index in [0.29, 0.717) is 32.4 Å². The Balaban J connectivity index is 1.78. The van der Waals surface area contributed by atoms with Gasteiger partial charge in [-0.25, -0.2) is 0 Å². The molecule has 1 aliphatic rings. The summed E-state index contributed by atoms with van der Waals surface area (Å²) in [6.07, 6.45) is 2.13. The van der Waals surface area contributed by atoms with Crippen molar-refractivity contribution in [3.63, 3.8) is 0 Å². The maximum absolute atomic E-state index is 13.1. The number of carbonyl (C=O) groups is 2. The third-order valence-corrected chi connectivity index (χ3v) is 5.99. The van der Waals surface area contributed by atoms with Crippen LogP contribution in [0.5, 0.6) is 0 Å². The highest BCUT2D eigenvalue weighted by Crippen LogP contribution is 2.37. The van der Waals surface area contributed by atoms with E-state index in [1.807, 2.05) is 51.0 Å². The van der Waals surface area contributed by atoms with Crippen molar-refractivity contribution in [2.75, 3.05) is 27.2 Å². The number of carbonyl (C=O) groups excluding carboxylic acids is 2. The van der Waals surface area contributed by atoms with Crippen LogP contribution < -0.4 is 0 Å². The average molecular weight is 393 g/mol. The molecule has 1 saturated heterocycles. The second-order valence-electron chi connectivity index (χ2n) is 8.70. The minimum atomic E-state index is -0.439. The summed E-state index contributed by atoms with van der Waals surface area (Å²) in [5.74, 6) is 0.349. The van der Waals surface area contributed by atoms with Crippen molar-refractivity contribution >= 4 is 11.8 Å². The van der Waals surface area contributed by atoms with E-state index in [1.54, 1.807) is 4.90 Å². The summed E-state index contributed by atoms with van der Waals surface area (Å²) in [4.78, 5) is 29.1. The van der Waals surface area contributed by atoms with Crippen molar-refractivity contribution in [3.8, 4) is 11.1 Å². The third-order valence-electron chi connectivity index (χ3n) is 5.99. The summed E-state index contributed by atoms with van der Waals surface area (Å²) < 4.78 is 0. The van der Waals surface area contributed by atoms with Gasteiger partial charge in [0.15, 0.2) is 0 Å². The van der Waals surface area contributed by atoms with Gasteiger partial charge in [0.25, 0.3) is 0 Å². The average Bonchev–Trinajstić information content (AvgIpc) is 2.74. The quantitative estimate of drug-likeness (QED) is 0.763. The second kappa shape index (κ2) is 8.81. The molecule has 0 N–H and O–H groups in total. The zero-order chi connectivity index (χ0) is 21.0. The summed E-state index contributed by atoms with van der Waals surface area (Å²) in [6, 6.07) is 18.9. The van der Waals surface area contributed by atoms with Crippen LogP contribution in [-0.4, -0.2) is 48.8 Å². The Bertz CT molecular complexity index is 833. The number of likely N-dealkylation sites (tertiary alicyclic amines) is 1. The standard InChI is InChI=1S/C25H32N2O2/c1-19(2)23(28)27-16-14-25(15-17-27,24(29)26(3)4)18-20-10-12-22(13-11-20)21-8-6-5-7-9-21/h5-13,19H,14-18H2,1-4H3. The molecule has 4 heteroatoms. The van der Waals surface area contributed by atoms with Crippen molar-refractivity contribution in [1.29, 1.82) is 0 Å². The van der Waals surface area contributed by atoms with Crippen LogP contribution in [-0.2, 0) is 16.0 Å². The predicted octanol–water partition coefficient (Wildman–Crippen LogP) is 4.25. The Labute approximate surface area is 174 Å². The maximum Gasteiger partial charge on any atom is 0.228 e. The molecule has 2 amide bonds. The molecule has 0 unspecified atom stereocenters. The first kappa shape index (κ1) is 21.1. The highest BCUT2D eigenvalue weighted by atomic mass is 16.2. The molecular formula is C25H32N2O2. The summed E-state index contributed by atoms with van der Waals surface area (Å²) in [6.45, 7) is 5.17. The van der Waals surface area contributed by atoms with Gasteiger partial charge in [0.05, 0.1) is 5.41 Å². The SMILES string of the molecule is CC(C)C(=O)N1CCC(Cc2ccc(-c3ccccc3)cc2)(C(=O)N(C)C)CC1. The number of piperidine rings is 1. The highest BCUT2D eigenvalue weighted by molar-refractivity contribution is 5.84. The molecule has 2 aromatic carbocycles. The molecule has 0 aromatic heterocycles. The van der Waals surface area contributed by atoms with Crippen molar-refractivity contribution in [2.24, 2.45) is 11.3 Å². The zero-order valence-electron chi connectivity index (χ0n) is 18.0. The molecule has 0 saturated carbocycles. The van der Waals surface area contributed by atoms with Crippen LogP contribution in [0.25, 0.3) is 11.1 Å². The Kier molecular flexibility index (Phi) is 6.41. The van der Waals surface area contributed by atoms with Gasteiger partial charge in [-0.1, -0.05) is 68.4 Å². The molecule has 2 aromatic rings. The number of nitrogens with zero attached hydrogens (tertiary/aromatic N) is 2. The van der Waals surface area contributed by atoms with E-state index in [1.165, 1.54) is 16.7 Å². The fourth-order valence-electron chi connectivity index (χ4n) is 4.30. The van der Waals surface area contributed by atoms with Gasteiger partial charge in [0.2, 0.25) is 11.8 Å². The number of rotatable bonds is 5. The fraction of sp³-hybridized carbons (Fsp3) is 0.440. The molecule has 0 bridgehead atoms. The monoisotopic (exact) mass is 392 g/mol. The Morgan fingerprint density at radius 1 is 0.931 bits per heavy atom. The van der Waals surface area contributed by atoms with E-state index in [-0.39, 0.29) is 17.7 Å². The van der Waals surface area contributed by atoms with Gasteiger partial charge in [0, 0.05) is 33.1 Å². The number of benzene rings is 2. The maximum atomic E-state index is 13.1. The number of hydrogen-bond acceptors (Lipinski definition) is 2. The van der Waals surface area contributed by atoms with Crippen LogP contribution in [0, 0.1) is 11.3 Å². The molecule has 3 rings (SSSR count). The molecule has 154 valence electrons. The molecule has 0 spiro atoms. The Hall–Kier alpha value is -2.62. The molecule has 1 aliphatic heterocycles. The van der Waals surface area contributed by atoms with Crippen molar-refractivity contribution in [2.45, 2.75) is 33.1 Å². The summed E-state index contributed by atoms with van der Waals surface area (Å²) in [7, 11) is 3.66. The van der Waals surface area contributed by atoms with Gasteiger partial charge in [-0.15, -0.1) is 0 Å². The first-order chi connectivity index (χ1) is 13.8. The smallest absolute Gasteiger partial charge is 0.228 e. The van der Waals surface area contributed by atoms with E-state index >= 15 is 0 Å². The van der Waals surface area contributed by atoms with Crippen LogP contribution in [0.15, 0.2) is 54.6 Å². The van der Waals surface area contributed by atoms with E-state index in [2.05, 4.69) is 36.4 Å². The molecule has 29 heavy (non-hydrogen) atoms. The van der Waals surface area contributed by atoms with Crippen molar-refractivity contribution in [3.05, 3.63) is 60.2 Å². The molecule has 1 heterocycles. The first-order valence-electron chi connectivity index (χ1n) is 10.5. The summed E-state index contributed by atoms with van der Waals surface area (Å²) in [5.41, 5.74) is 3.10. The summed E-state index contributed by atoms with van der Waals surface area (Å²) in [5, 5.41) is 0. The van der Waals surface area contributed by atoms with E-state index < -0.39 is 5.41 Å². The second-order valence-corrected chi connectivity index (χ2v) is 8.70. The summed E-state index contributed by atoms with van der Waals surface area (Å²) >= 11 is 0. The molecule has 0 radical (unpaired) electrons. The highest BCUT2D eigenvalue weighted by Gasteiger charge is 2.43. The fourth-order valence-corrected chi connectivity index (χ4v) is 4.30. The van der Waals surface area contributed by atoms with Gasteiger partial charge in [-0.2, -0.15) is 0 Å². The molecule has 4 nitrogen and oxygen atoms in total. The minimum Gasteiger partial charge on any atom is -0.348 e. The molecule has 0 aliphatic carbocycles.